The van der Waals surface area contributed by atoms with Crippen molar-refractivity contribution in [3.8, 4) is 0 Å². The van der Waals surface area contributed by atoms with E-state index in [1.165, 1.54) is 0 Å². The van der Waals surface area contributed by atoms with Crippen LogP contribution in [0.4, 0.5) is 0 Å². The number of carbonyl (C=O) groups excluding carboxylic acids is 1. The average Bonchev–Trinajstić information content (AvgIpc) is 2.45. The number of carbonyl (C=O) groups is 1. The van der Waals surface area contributed by atoms with Crippen LogP contribution < -0.4 is 10.0 Å². The van der Waals surface area contributed by atoms with Gasteiger partial charge in [-0.25, -0.2) is 13.1 Å². The highest BCUT2D eigenvalue weighted by molar-refractivity contribution is 7.88. The first-order chi connectivity index (χ1) is 11.2. The number of ether oxygens (including phenoxy) is 1. The molecule has 0 bridgehead atoms. The van der Waals surface area contributed by atoms with Gasteiger partial charge in [0.05, 0.1) is 18.4 Å². The minimum absolute atomic E-state index is 0.0136. The molecule has 6 nitrogen and oxygen atoms in total. The maximum absolute atomic E-state index is 12.1. The minimum Gasteiger partial charge on any atom is -0.379 e. The summed E-state index contributed by atoms with van der Waals surface area (Å²) in [5.41, 5.74) is 0.683. The maximum atomic E-state index is 12.1. The Labute approximate surface area is 149 Å². The fourth-order valence-corrected chi connectivity index (χ4v) is 2.92. The van der Waals surface area contributed by atoms with Gasteiger partial charge in [-0.15, -0.1) is 0 Å². The monoisotopic (exact) mass is 376 g/mol. The molecule has 0 aliphatic carbocycles. The first kappa shape index (κ1) is 20.9. The summed E-state index contributed by atoms with van der Waals surface area (Å²) in [4.78, 5) is 12.1. The summed E-state index contributed by atoms with van der Waals surface area (Å²) in [5.74, 6) is -0.226. The van der Waals surface area contributed by atoms with Crippen LogP contribution in [0, 0.1) is 0 Å². The van der Waals surface area contributed by atoms with Crippen molar-refractivity contribution in [2.24, 2.45) is 0 Å². The molecule has 0 radical (unpaired) electrons. The van der Waals surface area contributed by atoms with Gasteiger partial charge in [-0.2, -0.15) is 0 Å². The molecule has 0 spiro atoms. The Morgan fingerprint density at radius 1 is 1.25 bits per heavy atom. The van der Waals surface area contributed by atoms with Gasteiger partial charge in [0.15, 0.2) is 0 Å². The van der Waals surface area contributed by atoms with Crippen LogP contribution in [-0.2, 0) is 19.6 Å². The fourth-order valence-electron chi connectivity index (χ4n) is 2.06. The summed E-state index contributed by atoms with van der Waals surface area (Å²) in [6.07, 6.45) is 1.94. The Bertz CT molecular complexity index is 617. The quantitative estimate of drug-likeness (QED) is 0.613. The zero-order valence-electron chi connectivity index (χ0n) is 14.2. The van der Waals surface area contributed by atoms with Crippen LogP contribution in [0.1, 0.15) is 38.3 Å². The smallest absolute Gasteiger partial charge is 0.221 e. The molecule has 0 heterocycles. The molecule has 1 unspecified atom stereocenters. The molecule has 0 fully saturated rings. The highest BCUT2D eigenvalue weighted by Gasteiger charge is 2.19. The van der Waals surface area contributed by atoms with E-state index in [0.29, 0.717) is 30.2 Å². The standard InChI is InChI=1S/C16H25ClN2O4S/c1-12(2)23-10-4-9-18-16(20)11-15(19-24(3,21)22)13-5-7-14(17)8-6-13/h5-8,12,15,19H,4,9-11H2,1-3H3,(H,18,20). The summed E-state index contributed by atoms with van der Waals surface area (Å²) >= 11 is 5.85. The van der Waals surface area contributed by atoms with Gasteiger partial charge >= 0.3 is 0 Å². The molecular formula is C16H25ClN2O4S. The van der Waals surface area contributed by atoms with Crippen LogP contribution in [0.15, 0.2) is 24.3 Å². The van der Waals surface area contributed by atoms with Gasteiger partial charge in [0.25, 0.3) is 0 Å². The van der Waals surface area contributed by atoms with Crippen molar-refractivity contribution in [2.75, 3.05) is 19.4 Å². The van der Waals surface area contributed by atoms with Crippen LogP contribution in [0.5, 0.6) is 0 Å². The number of halogens is 1. The van der Waals surface area contributed by atoms with E-state index in [-0.39, 0.29) is 18.4 Å². The molecule has 1 rings (SSSR count). The molecule has 2 N–H and O–H groups in total. The maximum Gasteiger partial charge on any atom is 0.221 e. The predicted molar refractivity (Wildman–Crippen MR) is 95.5 cm³/mol. The van der Waals surface area contributed by atoms with Crippen molar-refractivity contribution in [1.82, 2.24) is 10.0 Å². The van der Waals surface area contributed by atoms with Crippen molar-refractivity contribution in [3.05, 3.63) is 34.9 Å². The van der Waals surface area contributed by atoms with Crippen molar-refractivity contribution in [3.63, 3.8) is 0 Å². The van der Waals surface area contributed by atoms with Crippen molar-refractivity contribution < 1.29 is 17.9 Å². The Morgan fingerprint density at radius 2 is 1.88 bits per heavy atom. The zero-order chi connectivity index (χ0) is 18.2. The lowest BCUT2D eigenvalue weighted by Gasteiger charge is -2.18. The van der Waals surface area contributed by atoms with Crippen molar-refractivity contribution >= 4 is 27.5 Å². The molecule has 0 aliphatic rings. The Balaban J connectivity index is 2.58. The van der Waals surface area contributed by atoms with Crippen LogP contribution in [0.3, 0.4) is 0 Å². The first-order valence-corrected chi connectivity index (χ1v) is 10.1. The van der Waals surface area contributed by atoms with E-state index in [9.17, 15) is 13.2 Å². The number of benzene rings is 1. The second-order valence-corrected chi connectivity index (χ2v) is 8.04. The number of sulfonamides is 1. The Kier molecular flexibility index (Phi) is 8.69. The lowest BCUT2D eigenvalue weighted by Crippen LogP contribution is -2.33. The van der Waals surface area contributed by atoms with E-state index in [1.807, 2.05) is 13.8 Å². The lowest BCUT2D eigenvalue weighted by molar-refractivity contribution is -0.121. The van der Waals surface area contributed by atoms with Crippen molar-refractivity contribution in [2.45, 2.75) is 38.8 Å². The average molecular weight is 377 g/mol. The van der Waals surface area contributed by atoms with Gasteiger partial charge in [-0.3, -0.25) is 4.79 Å². The summed E-state index contributed by atoms with van der Waals surface area (Å²) in [6.45, 7) is 4.95. The highest BCUT2D eigenvalue weighted by atomic mass is 35.5. The highest BCUT2D eigenvalue weighted by Crippen LogP contribution is 2.20. The summed E-state index contributed by atoms with van der Waals surface area (Å²) in [7, 11) is -3.45. The van der Waals surface area contributed by atoms with Gasteiger partial charge in [-0.1, -0.05) is 23.7 Å². The molecule has 0 aromatic heterocycles. The normalized spacial score (nSPS) is 13.0. The number of rotatable bonds is 10. The number of hydrogen-bond donors (Lipinski definition) is 2. The molecule has 1 aromatic rings. The summed E-state index contributed by atoms with van der Waals surface area (Å²) in [6, 6.07) is 6.10. The topological polar surface area (TPSA) is 84.5 Å². The lowest BCUT2D eigenvalue weighted by atomic mass is 10.0. The van der Waals surface area contributed by atoms with Crippen molar-refractivity contribution in [1.29, 1.82) is 0 Å². The number of nitrogens with one attached hydrogen (secondary N) is 2. The molecule has 24 heavy (non-hydrogen) atoms. The summed E-state index contributed by atoms with van der Waals surface area (Å²) in [5, 5.41) is 3.32. The second-order valence-electron chi connectivity index (χ2n) is 5.82. The van der Waals surface area contributed by atoms with E-state index >= 15 is 0 Å². The molecule has 1 amide bonds. The van der Waals surface area contributed by atoms with Gasteiger partial charge < -0.3 is 10.1 Å². The molecular weight excluding hydrogens is 352 g/mol. The number of hydrogen-bond acceptors (Lipinski definition) is 4. The van der Waals surface area contributed by atoms with Crippen LogP contribution in [0.25, 0.3) is 0 Å². The van der Waals surface area contributed by atoms with Crippen LogP contribution in [0.2, 0.25) is 5.02 Å². The van der Waals surface area contributed by atoms with E-state index in [1.54, 1.807) is 24.3 Å². The molecule has 0 saturated carbocycles. The molecule has 0 aliphatic heterocycles. The van der Waals surface area contributed by atoms with E-state index in [0.717, 1.165) is 6.26 Å². The molecule has 1 aromatic carbocycles. The SMILES string of the molecule is CC(C)OCCCNC(=O)CC(NS(C)(=O)=O)c1ccc(Cl)cc1. The van der Waals surface area contributed by atoms with Gasteiger partial charge in [-0.05, 0) is 38.0 Å². The van der Waals surface area contributed by atoms with E-state index < -0.39 is 16.1 Å². The third-order valence-electron chi connectivity index (χ3n) is 3.11. The molecule has 136 valence electrons. The van der Waals surface area contributed by atoms with Crippen LogP contribution in [-0.4, -0.2) is 39.8 Å². The largest absolute Gasteiger partial charge is 0.379 e. The predicted octanol–water partition coefficient (Wildman–Crippen LogP) is 2.25. The Morgan fingerprint density at radius 3 is 2.42 bits per heavy atom. The molecule has 0 saturated heterocycles. The second kappa shape index (κ2) is 9.98. The number of amides is 1. The fraction of sp³-hybridized carbons (Fsp3) is 0.562. The summed E-state index contributed by atoms with van der Waals surface area (Å²) < 4.78 is 31.0. The minimum atomic E-state index is -3.45. The molecule has 1 atom stereocenters. The Hall–Kier alpha value is -1.15. The van der Waals surface area contributed by atoms with E-state index in [4.69, 9.17) is 16.3 Å². The van der Waals surface area contributed by atoms with Gasteiger partial charge in [0.2, 0.25) is 15.9 Å². The third kappa shape index (κ3) is 9.22. The first-order valence-electron chi connectivity index (χ1n) is 7.78. The molecule has 8 heteroatoms. The zero-order valence-corrected chi connectivity index (χ0v) is 15.8. The van der Waals surface area contributed by atoms with Gasteiger partial charge in [0.1, 0.15) is 0 Å². The van der Waals surface area contributed by atoms with Gasteiger partial charge in [0, 0.05) is 24.6 Å². The third-order valence-corrected chi connectivity index (χ3v) is 4.08. The van der Waals surface area contributed by atoms with E-state index in [2.05, 4.69) is 10.0 Å². The van der Waals surface area contributed by atoms with Crippen LogP contribution >= 0.6 is 11.6 Å².